The van der Waals surface area contributed by atoms with Gasteiger partial charge in [0, 0.05) is 18.0 Å². The molecule has 1 N–H and O–H groups in total. The first-order chi connectivity index (χ1) is 14.1. The third-order valence-corrected chi connectivity index (χ3v) is 4.77. The van der Waals surface area contributed by atoms with Crippen LogP contribution < -0.4 is 10.1 Å². The summed E-state index contributed by atoms with van der Waals surface area (Å²) in [6.07, 6.45) is 0.791. The van der Waals surface area contributed by atoms with Gasteiger partial charge in [-0.05, 0) is 36.6 Å². The zero-order valence-electron chi connectivity index (χ0n) is 16.5. The van der Waals surface area contributed by atoms with E-state index in [0.717, 1.165) is 6.42 Å². The Kier molecular flexibility index (Phi) is 7.17. The number of amides is 1. The van der Waals surface area contributed by atoms with Crippen molar-refractivity contribution < 1.29 is 14.3 Å². The number of carbonyl (C=O) groups excluding carboxylic acids is 2. The van der Waals surface area contributed by atoms with Crippen molar-refractivity contribution in [1.82, 2.24) is 5.32 Å². The molecule has 0 spiro atoms. The van der Waals surface area contributed by atoms with Crippen molar-refractivity contribution in [3.05, 3.63) is 102 Å². The molecule has 0 bridgehead atoms. The van der Waals surface area contributed by atoms with Crippen LogP contribution >= 0.6 is 0 Å². The van der Waals surface area contributed by atoms with Crippen molar-refractivity contribution in [2.45, 2.75) is 19.3 Å². The van der Waals surface area contributed by atoms with Gasteiger partial charge in [0.2, 0.25) is 0 Å². The summed E-state index contributed by atoms with van der Waals surface area (Å²) in [4.78, 5) is 23.6. The molecule has 0 saturated heterocycles. The minimum absolute atomic E-state index is 0.0345. The number of hydrogen-bond donors (Lipinski definition) is 1. The predicted molar refractivity (Wildman–Crippen MR) is 114 cm³/mol. The Labute approximate surface area is 171 Å². The number of nitrogens with one attached hydrogen (secondary N) is 1. The lowest BCUT2D eigenvalue weighted by Crippen LogP contribution is -2.30. The van der Waals surface area contributed by atoms with E-state index in [1.54, 1.807) is 24.3 Å². The highest BCUT2D eigenvalue weighted by molar-refractivity contribution is 5.94. The fourth-order valence-corrected chi connectivity index (χ4v) is 3.26. The van der Waals surface area contributed by atoms with Crippen molar-refractivity contribution in [3.8, 4) is 5.75 Å². The van der Waals surface area contributed by atoms with E-state index in [1.165, 1.54) is 18.1 Å². The smallest absolute Gasteiger partial charge is 0.257 e. The van der Waals surface area contributed by atoms with E-state index in [4.69, 9.17) is 4.74 Å². The largest absolute Gasteiger partial charge is 0.484 e. The number of Topliss-reactive ketones (excluding diaryl/α,β-unsaturated/α-hetero) is 1. The van der Waals surface area contributed by atoms with Gasteiger partial charge in [0.1, 0.15) is 5.75 Å². The molecular formula is C25H25NO3. The molecule has 0 aromatic heterocycles. The van der Waals surface area contributed by atoms with E-state index in [0.29, 0.717) is 17.9 Å². The fraction of sp³-hybridized carbons (Fsp3) is 0.200. The maximum Gasteiger partial charge on any atom is 0.257 e. The van der Waals surface area contributed by atoms with E-state index < -0.39 is 0 Å². The first-order valence-corrected chi connectivity index (χ1v) is 9.74. The summed E-state index contributed by atoms with van der Waals surface area (Å²) in [5.41, 5.74) is 3.02. The van der Waals surface area contributed by atoms with Gasteiger partial charge < -0.3 is 10.1 Å². The highest BCUT2D eigenvalue weighted by Crippen LogP contribution is 2.27. The van der Waals surface area contributed by atoms with E-state index in [9.17, 15) is 9.59 Å². The zero-order chi connectivity index (χ0) is 20.5. The van der Waals surface area contributed by atoms with Crippen LogP contribution in [0, 0.1) is 0 Å². The number of ketones is 1. The lowest BCUT2D eigenvalue weighted by molar-refractivity contribution is -0.123. The van der Waals surface area contributed by atoms with Gasteiger partial charge in [0.25, 0.3) is 5.91 Å². The van der Waals surface area contributed by atoms with Crippen molar-refractivity contribution in [2.75, 3.05) is 13.2 Å². The molecule has 0 aliphatic carbocycles. The van der Waals surface area contributed by atoms with Gasteiger partial charge in [-0.1, -0.05) is 72.8 Å². The van der Waals surface area contributed by atoms with Crippen LogP contribution in [0.4, 0.5) is 0 Å². The summed E-state index contributed by atoms with van der Waals surface area (Å²) in [5, 5.41) is 2.93. The number of benzene rings is 3. The maximum atomic E-state index is 12.2. The molecule has 3 aromatic rings. The Bertz CT molecular complexity index is 899. The molecule has 0 aliphatic rings. The first kappa shape index (κ1) is 20.3. The summed E-state index contributed by atoms with van der Waals surface area (Å²) in [6.45, 7) is 1.97. The van der Waals surface area contributed by atoms with Crippen LogP contribution in [0.25, 0.3) is 0 Å². The highest BCUT2D eigenvalue weighted by atomic mass is 16.5. The Morgan fingerprint density at radius 1 is 0.862 bits per heavy atom. The summed E-state index contributed by atoms with van der Waals surface area (Å²) >= 11 is 0. The Balaban J connectivity index is 1.54. The van der Waals surface area contributed by atoms with E-state index in [1.807, 2.05) is 36.4 Å². The number of hydrogen-bond acceptors (Lipinski definition) is 3. The molecule has 1 amide bonds. The molecule has 148 valence electrons. The van der Waals surface area contributed by atoms with Gasteiger partial charge in [-0.25, -0.2) is 0 Å². The van der Waals surface area contributed by atoms with Gasteiger partial charge in [-0.15, -0.1) is 0 Å². The zero-order valence-corrected chi connectivity index (χ0v) is 16.5. The second kappa shape index (κ2) is 10.2. The van der Waals surface area contributed by atoms with Crippen LogP contribution in [0.15, 0.2) is 84.9 Å². The molecule has 0 atom stereocenters. The normalized spacial score (nSPS) is 10.6. The SMILES string of the molecule is CC(=O)c1cccc(OCC(=O)NCCC(c2ccccc2)c2ccccc2)c1. The second-order valence-corrected chi connectivity index (χ2v) is 6.89. The topological polar surface area (TPSA) is 55.4 Å². The van der Waals surface area contributed by atoms with E-state index in [2.05, 4.69) is 29.6 Å². The summed E-state index contributed by atoms with van der Waals surface area (Å²) < 4.78 is 5.52. The maximum absolute atomic E-state index is 12.2. The number of ether oxygens (including phenoxy) is 1. The predicted octanol–water partition coefficient (Wildman–Crippen LogP) is 4.61. The van der Waals surface area contributed by atoms with Crippen LogP contribution in [-0.2, 0) is 4.79 Å². The third-order valence-electron chi connectivity index (χ3n) is 4.77. The number of carbonyl (C=O) groups is 2. The van der Waals surface area contributed by atoms with Crippen LogP contribution in [0.5, 0.6) is 5.75 Å². The summed E-state index contributed by atoms with van der Waals surface area (Å²) in [7, 11) is 0. The second-order valence-electron chi connectivity index (χ2n) is 6.89. The fourth-order valence-electron chi connectivity index (χ4n) is 3.26. The van der Waals surface area contributed by atoms with Crippen molar-refractivity contribution in [2.24, 2.45) is 0 Å². The van der Waals surface area contributed by atoms with Crippen LogP contribution in [0.1, 0.15) is 40.7 Å². The van der Waals surface area contributed by atoms with Crippen molar-refractivity contribution in [3.63, 3.8) is 0 Å². The van der Waals surface area contributed by atoms with Crippen LogP contribution in [-0.4, -0.2) is 24.8 Å². The van der Waals surface area contributed by atoms with E-state index in [-0.39, 0.29) is 24.2 Å². The molecule has 0 fully saturated rings. The molecule has 4 heteroatoms. The van der Waals surface area contributed by atoms with Gasteiger partial charge in [-0.2, -0.15) is 0 Å². The molecule has 0 unspecified atom stereocenters. The molecule has 0 radical (unpaired) electrons. The third kappa shape index (κ3) is 6.04. The molecule has 0 aliphatic heterocycles. The van der Waals surface area contributed by atoms with Crippen molar-refractivity contribution >= 4 is 11.7 Å². The van der Waals surface area contributed by atoms with Gasteiger partial charge in [0.15, 0.2) is 12.4 Å². The van der Waals surface area contributed by atoms with Crippen LogP contribution in [0.3, 0.4) is 0 Å². The summed E-state index contributed by atoms with van der Waals surface area (Å²) in [6, 6.07) is 27.5. The average molecular weight is 387 g/mol. The molecule has 3 rings (SSSR count). The van der Waals surface area contributed by atoms with Gasteiger partial charge in [0.05, 0.1) is 0 Å². The Hall–Kier alpha value is -3.40. The monoisotopic (exact) mass is 387 g/mol. The standard InChI is InChI=1S/C25H25NO3/c1-19(27)22-13-8-14-23(17-22)29-18-25(28)26-16-15-24(20-9-4-2-5-10-20)21-11-6-3-7-12-21/h2-14,17,24H,15-16,18H2,1H3,(H,26,28). The molecule has 29 heavy (non-hydrogen) atoms. The first-order valence-electron chi connectivity index (χ1n) is 9.74. The Morgan fingerprint density at radius 3 is 2.07 bits per heavy atom. The molecule has 3 aromatic carbocycles. The number of rotatable bonds is 9. The Morgan fingerprint density at radius 2 is 1.48 bits per heavy atom. The molecule has 0 saturated carbocycles. The molecule has 0 heterocycles. The quantitative estimate of drug-likeness (QED) is 0.546. The average Bonchev–Trinajstić information content (AvgIpc) is 2.76. The van der Waals surface area contributed by atoms with Gasteiger partial charge in [-0.3, -0.25) is 9.59 Å². The minimum atomic E-state index is -0.182. The van der Waals surface area contributed by atoms with Crippen LogP contribution in [0.2, 0.25) is 0 Å². The minimum Gasteiger partial charge on any atom is -0.484 e. The van der Waals surface area contributed by atoms with Crippen molar-refractivity contribution in [1.29, 1.82) is 0 Å². The lowest BCUT2D eigenvalue weighted by Gasteiger charge is -2.18. The molecular weight excluding hydrogens is 362 g/mol. The summed E-state index contributed by atoms with van der Waals surface area (Å²) in [5.74, 6) is 0.510. The van der Waals surface area contributed by atoms with E-state index >= 15 is 0 Å². The lowest BCUT2D eigenvalue weighted by atomic mass is 9.88. The van der Waals surface area contributed by atoms with Gasteiger partial charge >= 0.3 is 0 Å². The molecule has 4 nitrogen and oxygen atoms in total. The highest BCUT2D eigenvalue weighted by Gasteiger charge is 2.14.